The van der Waals surface area contributed by atoms with Gasteiger partial charge in [0.2, 0.25) is 0 Å². The minimum Gasteiger partial charge on any atom is -0.466 e. The number of rotatable bonds is 3. The molecule has 0 aliphatic rings. The Hall–Kier alpha value is -1.29. The Morgan fingerprint density at radius 1 is 1.73 bits per heavy atom. The van der Waals surface area contributed by atoms with Crippen LogP contribution in [0.5, 0.6) is 0 Å². The molecule has 0 saturated carbocycles. The van der Waals surface area contributed by atoms with Crippen molar-refractivity contribution < 1.29 is 13.9 Å². The van der Waals surface area contributed by atoms with E-state index in [4.69, 9.17) is 10.2 Å². The van der Waals surface area contributed by atoms with E-state index in [9.17, 15) is 4.79 Å². The first-order valence-corrected chi connectivity index (χ1v) is 3.21. The van der Waals surface area contributed by atoms with Crippen LogP contribution in [0.15, 0.2) is 22.8 Å². The lowest BCUT2D eigenvalue weighted by molar-refractivity contribution is -0.143. The van der Waals surface area contributed by atoms with Crippen LogP contribution in [-0.2, 0) is 16.1 Å². The van der Waals surface area contributed by atoms with Crippen molar-refractivity contribution >= 4 is 5.97 Å². The topological polar surface area (TPSA) is 65.5 Å². The molecule has 0 aliphatic heterocycles. The average molecular weight is 155 g/mol. The number of ether oxygens (including phenoxy) is 1. The van der Waals surface area contributed by atoms with Crippen molar-refractivity contribution in [3.63, 3.8) is 0 Å². The first kappa shape index (κ1) is 7.81. The Labute approximate surface area is 63.9 Å². The summed E-state index contributed by atoms with van der Waals surface area (Å²) in [5.41, 5.74) is 5.01. The Morgan fingerprint density at radius 3 is 3.09 bits per heavy atom. The number of hydrogen-bond donors (Lipinski definition) is 1. The summed E-state index contributed by atoms with van der Waals surface area (Å²) in [5, 5.41) is 0. The predicted molar refractivity (Wildman–Crippen MR) is 37.6 cm³/mol. The second kappa shape index (κ2) is 3.78. The van der Waals surface area contributed by atoms with Gasteiger partial charge in [-0.2, -0.15) is 0 Å². The fourth-order valence-electron chi connectivity index (χ4n) is 0.605. The Balaban J connectivity index is 2.29. The predicted octanol–water partition coefficient (Wildman–Crippen LogP) is 0.281. The zero-order chi connectivity index (χ0) is 8.10. The first-order chi connectivity index (χ1) is 5.33. The molecule has 0 radical (unpaired) electrons. The number of nitrogens with two attached hydrogens (primary N) is 1. The molecule has 0 amide bonds. The smallest absolute Gasteiger partial charge is 0.320 e. The zero-order valence-electron chi connectivity index (χ0n) is 5.95. The number of furan rings is 1. The van der Waals surface area contributed by atoms with Crippen molar-refractivity contribution in [2.24, 2.45) is 5.73 Å². The Kier molecular flexibility index (Phi) is 2.68. The average Bonchev–Trinajstić information content (AvgIpc) is 2.52. The highest BCUT2D eigenvalue weighted by Gasteiger charge is 2.00. The van der Waals surface area contributed by atoms with Gasteiger partial charge < -0.3 is 14.9 Å². The van der Waals surface area contributed by atoms with E-state index in [-0.39, 0.29) is 13.2 Å². The third kappa shape index (κ3) is 2.43. The van der Waals surface area contributed by atoms with Gasteiger partial charge in [0, 0.05) is 0 Å². The van der Waals surface area contributed by atoms with Gasteiger partial charge in [0.05, 0.1) is 12.8 Å². The van der Waals surface area contributed by atoms with Gasteiger partial charge in [0.1, 0.15) is 12.4 Å². The van der Waals surface area contributed by atoms with Crippen LogP contribution in [0.1, 0.15) is 5.76 Å². The summed E-state index contributed by atoms with van der Waals surface area (Å²) >= 11 is 0. The maximum absolute atomic E-state index is 10.5. The summed E-state index contributed by atoms with van der Waals surface area (Å²) in [4.78, 5) is 10.5. The van der Waals surface area contributed by atoms with E-state index < -0.39 is 5.97 Å². The Morgan fingerprint density at radius 2 is 2.55 bits per heavy atom. The fourth-order valence-corrected chi connectivity index (χ4v) is 0.605. The van der Waals surface area contributed by atoms with Crippen molar-refractivity contribution in [3.05, 3.63) is 24.2 Å². The third-order valence-corrected chi connectivity index (χ3v) is 1.12. The van der Waals surface area contributed by atoms with Gasteiger partial charge in [-0.3, -0.25) is 4.79 Å². The normalized spacial score (nSPS) is 9.55. The SMILES string of the molecule is NCC(=O)OCc1ccco1. The summed E-state index contributed by atoms with van der Waals surface area (Å²) in [7, 11) is 0. The molecule has 0 spiro atoms. The van der Waals surface area contributed by atoms with Crippen LogP contribution in [0, 0.1) is 0 Å². The van der Waals surface area contributed by atoms with Gasteiger partial charge in [-0.05, 0) is 12.1 Å². The molecule has 0 aliphatic carbocycles. The summed E-state index contributed by atoms with van der Waals surface area (Å²) in [6.07, 6.45) is 1.52. The summed E-state index contributed by atoms with van der Waals surface area (Å²) in [5.74, 6) is 0.188. The van der Waals surface area contributed by atoms with E-state index in [1.165, 1.54) is 6.26 Å². The molecule has 60 valence electrons. The van der Waals surface area contributed by atoms with Gasteiger partial charge in [-0.1, -0.05) is 0 Å². The molecule has 0 fully saturated rings. The maximum atomic E-state index is 10.5. The van der Waals surface area contributed by atoms with Gasteiger partial charge >= 0.3 is 5.97 Å². The van der Waals surface area contributed by atoms with Crippen molar-refractivity contribution in [1.29, 1.82) is 0 Å². The lowest BCUT2D eigenvalue weighted by Gasteiger charge is -1.98. The molecule has 4 nitrogen and oxygen atoms in total. The number of carbonyl (C=O) groups is 1. The van der Waals surface area contributed by atoms with Crippen LogP contribution in [-0.4, -0.2) is 12.5 Å². The van der Waals surface area contributed by atoms with E-state index in [2.05, 4.69) is 4.74 Å². The minimum absolute atomic E-state index is 0.0965. The largest absolute Gasteiger partial charge is 0.466 e. The molecule has 2 N–H and O–H groups in total. The number of esters is 1. The molecule has 0 saturated heterocycles. The molecule has 0 atom stereocenters. The lowest BCUT2D eigenvalue weighted by atomic mass is 10.5. The van der Waals surface area contributed by atoms with Crippen LogP contribution in [0.25, 0.3) is 0 Å². The van der Waals surface area contributed by atoms with Gasteiger partial charge in [0.25, 0.3) is 0 Å². The fraction of sp³-hybridized carbons (Fsp3) is 0.286. The zero-order valence-corrected chi connectivity index (χ0v) is 5.95. The quantitative estimate of drug-likeness (QED) is 0.637. The molecule has 4 heteroatoms. The summed E-state index contributed by atoms with van der Waals surface area (Å²) in [6, 6.07) is 3.45. The lowest BCUT2D eigenvalue weighted by Crippen LogP contribution is -2.16. The number of carbonyl (C=O) groups excluding carboxylic acids is 1. The van der Waals surface area contributed by atoms with E-state index in [0.29, 0.717) is 5.76 Å². The third-order valence-electron chi connectivity index (χ3n) is 1.12. The Bertz CT molecular complexity index is 218. The second-order valence-electron chi connectivity index (χ2n) is 1.94. The van der Waals surface area contributed by atoms with Crippen LogP contribution in [0.4, 0.5) is 0 Å². The van der Waals surface area contributed by atoms with Crippen LogP contribution in [0.2, 0.25) is 0 Å². The van der Waals surface area contributed by atoms with Crippen molar-refractivity contribution in [2.75, 3.05) is 6.54 Å². The molecule has 1 aromatic heterocycles. The molecule has 0 aromatic carbocycles. The first-order valence-electron chi connectivity index (χ1n) is 3.21. The van der Waals surface area contributed by atoms with E-state index in [1.807, 2.05) is 0 Å². The molecule has 1 rings (SSSR count). The van der Waals surface area contributed by atoms with Crippen LogP contribution in [0.3, 0.4) is 0 Å². The second-order valence-corrected chi connectivity index (χ2v) is 1.94. The highest BCUT2D eigenvalue weighted by molar-refractivity contribution is 5.71. The summed E-state index contributed by atoms with van der Waals surface area (Å²) in [6.45, 7) is 0.0593. The monoisotopic (exact) mass is 155 g/mol. The maximum Gasteiger partial charge on any atom is 0.320 e. The van der Waals surface area contributed by atoms with Gasteiger partial charge in [-0.15, -0.1) is 0 Å². The molecule has 0 unspecified atom stereocenters. The molecule has 1 heterocycles. The van der Waals surface area contributed by atoms with E-state index in [0.717, 1.165) is 0 Å². The molecular weight excluding hydrogens is 146 g/mol. The standard InChI is InChI=1S/C7H9NO3/c8-4-7(9)11-5-6-2-1-3-10-6/h1-3H,4-5,8H2. The van der Waals surface area contributed by atoms with Crippen molar-refractivity contribution in [2.45, 2.75) is 6.61 Å². The molecule has 0 bridgehead atoms. The number of hydrogen-bond acceptors (Lipinski definition) is 4. The van der Waals surface area contributed by atoms with Crippen molar-refractivity contribution in [1.82, 2.24) is 0 Å². The molecular formula is C7H9NO3. The van der Waals surface area contributed by atoms with E-state index in [1.54, 1.807) is 12.1 Å². The van der Waals surface area contributed by atoms with Crippen LogP contribution >= 0.6 is 0 Å². The highest BCUT2D eigenvalue weighted by Crippen LogP contribution is 2.01. The van der Waals surface area contributed by atoms with E-state index >= 15 is 0 Å². The van der Waals surface area contributed by atoms with Gasteiger partial charge in [0.15, 0.2) is 0 Å². The van der Waals surface area contributed by atoms with Crippen molar-refractivity contribution in [3.8, 4) is 0 Å². The van der Waals surface area contributed by atoms with Crippen LogP contribution < -0.4 is 5.73 Å². The summed E-state index contributed by atoms with van der Waals surface area (Å²) < 4.78 is 9.59. The highest BCUT2D eigenvalue weighted by atomic mass is 16.5. The molecule has 11 heavy (non-hydrogen) atoms. The molecule has 1 aromatic rings. The minimum atomic E-state index is -0.429. The van der Waals surface area contributed by atoms with Gasteiger partial charge in [-0.25, -0.2) is 0 Å².